The predicted molar refractivity (Wildman–Crippen MR) is 60.5 cm³/mol. The Morgan fingerprint density at radius 3 is 2.43 bits per heavy atom. The summed E-state index contributed by atoms with van der Waals surface area (Å²) in [6, 6.07) is 0.490. The number of ether oxygens (including phenoxy) is 1. The Bertz CT molecular complexity index is 643. The fourth-order valence-electron chi connectivity index (χ4n) is 1.25. The Morgan fingerprint density at radius 2 is 1.95 bits per heavy atom. The van der Waals surface area contributed by atoms with Crippen molar-refractivity contribution in [1.29, 1.82) is 0 Å². The normalized spacial score (nSPS) is 13.8. The summed E-state index contributed by atoms with van der Waals surface area (Å²) in [5.41, 5.74) is 0. The van der Waals surface area contributed by atoms with E-state index in [1.54, 1.807) is 4.72 Å². The van der Waals surface area contributed by atoms with Gasteiger partial charge in [-0.25, -0.2) is 12.8 Å². The number of hydrogen-bond acceptors (Lipinski definition) is 4. The summed E-state index contributed by atoms with van der Waals surface area (Å²) >= 11 is 0. The summed E-state index contributed by atoms with van der Waals surface area (Å²) in [5, 5.41) is 8.57. The van der Waals surface area contributed by atoms with Crippen LogP contribution >= 0.6 is 0 Å². The average Bonchev–Trinajstić information content (AvgIpc) is 2.29. The van der Waals surface area contributed by atoms with Crippen molar-refractivity contribution in [3.8, 4) is 5.75 Å². The van der Waals surface area contributed by atoms with E-state index in [9.17, 15) is 30.8 Å². The van der Waals surface area contributed by atoms with Gasteiger partial charge in [0.2, 0.25) is 10.0 Å². The summed E-state index contributed by atoms with van der Waals surface area (Å²) in [6.07, 6.45) is -5.20. The largest absolute Gasteiger partial charge is 0.573 e. The minimum Gasteiger partial charge on any atom is -0.480 e. The Labute approximate surface area is 116 Å². The van der Waals surface area contributed by atoms with Gasteiger partial charge in [0, 0.05) is 0 Å². The number of sulfonamides is 1. The van der Waals surface area contributed by atoms with Gasteiger partial charge in [-0.2, -0.15) is 4.72 Å². The molecule has 11 heteroatoms. The molecule has 2 N–H and O–H groups in total. The third-order valence-electron chi connectivity index (χ3n) is 2.15. The SMILES string of the molecule is C[C@@H](NS(=O)(=O)c1cccc(OC(F)(F)F)c1F)C(=O)O. The van der Waals surface area contributed by atoms with Gasteiger partial charge in [0.05, 0.1) is 0 Å². The zero-order valence-electron chi connectivity index (χ0n) is 10.3. The smallest absolute Gasteiger partial charge is 0.480 e. The van der Waals surface area contributed by atoms with Crippen molar-refractivity contribution in [3.05, 3.63) is 24.0 Å². The Hall–Kier alpha value is -1.88. The summed E-state index contributed by atoms with van der Waals surface area (Å²) in [6.45, 7) is 0.966. The lowest BCUT2D eigenvalue weighted by atomic mass is 10.3. The maximum atomic E-state index is 13.8. The number of nitrogens with one attached hydrogen (secondary N) is 1. The molecule has 0 bridgehead atoms. The molecule has 0 unspecified atom stereocenters. The fraction of sp³-hybridized carbons (Fsp3) is 0.300. The van der Waals surface area contributed by atoms with E-state index in [1.807, 2.05) is 0 Å². The van der Waals surface area contributed by atoms with Gasteiger partial charge >= 0.3 is 12.3 Å². The second kappa shape index (κ2) is 5.85. The summed E-state index contributed by atoms with van der Waals surface area (Å²) in [4.78, 5) is 9.40. The molecular weight excluding hydrogens is 322 g/mol. The van der Waals surface area contributed by atoms with Crippen LogP contribution in [0.15, 0.2) is 23.1 Å². The number of carboxylic acid groups (broad SMARTS) is 1. The highest BCUT2D eigenvalue weighted by atomic mass is 32.2. The molecule has 1 aromatic rings. The first-order valence-corrected chi connectivity index (χ1v) is 6.72. The Balaban J connectivity index is 3.20. The first-order valence-electron chi connectivity index (χ1n) is 5.23. The topological polar surface area (TPSA) is 92.7 Å². The lowest BCUT2D eigenvalue weighted by Crippen LogP contribution is -2.38. The van der Waals surface area contributed by atoms with Crippen molar-refractivity contribution in [2.75, 3.05) is 0 Å². The van der Waals surface area contributed by atoms with Gasteiger partial charge in [0.1, 0.15) is 10.9 Å². The van der Waals surface area contributed by atoms with Gasteiger partial charge in [-0.05, 0) is 19.1 Å². The van der Waals surface area contributed by atoms with Crippen LogP contribution in [-0.2, 0) is 14.8 Å². The molecule has 6 nitrogen and oxygen atoms in total. The lowest BCUT2D eigenvalue weighted by Gasteiger charge is -2.14. The first-order chi connectivity index (χ1) is 9.44. The van der Waals surface area contributed by atoms with Crippen molar-refractivity contribution >= 4 is 16.0 Å². The molecule has 1 aromatic carbocycles. The van der Waals surface area contributed by atoms with E-state index in [4.69, 9.17) is 5.11 Å². The van der Waals surface area contributed by atoms with E-state index in [1.165, 1.54) is 0 Å². The fourth-order valence-corrected chi connectivity index (χ4v) is 2.54. The Morgan fingerprint density at radius 1 is 1.38 bits per heavy atom. The molecule has 0 radical (unpaired) electrons. The first kappa shape index (κ1) is 17.2. The quantitative estimate of drug-likeness (QED) is 0.797. The highest BCUT2D eigenvalue weighted by Crippen LogP contribution is 2.29. The molecule has 0 saturated carbocycles. The molecule has 0 spiro atoms. The van der Waals surface area contributed by atoms with Gasteiger partial charge in [-0.1, -0.05) is 6.07 Å². The van der Waals surface area contributed by atoms with Crippen molar-refractivity contribution in [2.24, 2.45) is 0 Å². The number of alkyl halides is 3. The molecule has 0 aliphatic rings. The van der Waals surface area contributed by atoms with Crippen LogP contribution in [0.4, 0.5) is 17.6 Å². The standard InChI is InChI=1S/C10H9F4NO5S/c1-5(9(16)17)15-21(18,19)7-4-2-3-6(8(7)11)20-10(12,13)14/h2-5,15H,1H3,(H,16,17)/t5-/m1/s1. The number of halogens is 4. The molecule has 0 fully saturated rings. The second-order valence-corrected chi connectivity index (χ2v) is 5.48. The van der Waals surface area contributed by atoms with Gasteiger partial charge in [0.15, 0.2) is 11.6 Å². The van der Waals surface area contributed by atoms with Crippen LogP contribution in [0.3, 0.4) is 0 Å². The number of carboxylic acids is 1. The van der Waals surface area contributed by atoms with Gasteiger partial charge in [-0.15, -0.1) is 13.2 Å². The van der Waals surface area contributed by atoms with Crippen molar-refractivity contribution in [2.45, 2.75) is 24.2 Å². The molecule has 0 aliphatic heterocycles. The molecule has 0 aromatic heterocycles. The van der Waals surface area contributed by atoms with E-state index in [-0.39, 0.29) is 0 Å². The van der Waals surface area contributed by atoms with Gasteiger partial charge < -0.3 is 9.84 Å². The van der Waals surface area contributed by atoms with E-state index in [0.29, 0.717) is 12.1 Å². The number of hydrogen-bond donors (Lipinski definition) is 2. The highest BCUT2D eigenvalue weighted by molar-refractivity contribution is 7.89. The summed E-state index contributed by atoms with van der Waals surface area (Å²) in [5.74, 6) is -4.66. The second-order valence-electron chi connectivity index (χ2n) is 3.80. The molecule has 0 saturated heterocycles. The summed E-state index contributed by atoms with van der Waals surface area (Å²) in [7, 11) is -4.67. The number of carbonyl (C=O) groups is 1. The lowest BCUT2D eigenvalue weighted by molar-refractivity contribution is -0.275. The molecular formula is C10H9F4NO5S. The molecule has 118 valence electrons. The van der Waals surface area contributed by atoms with Crippen molar-refractivity contribution in [1.82, 2.24) is 4.72 Å². The van der Waals surface area contributed by atoms with Crippen LogP contribution in [0.5, 0.6) is 5.75 Å². The van der Waals surface area contributed by atoms with E-state index in [0.717, 1.165) is 13.0 Å². The van der Waals surface area contributed by atoms with Gasteiger partial charge in [0.25, 0.3) is 0 Å². The molecule has 1 atom stereocenters. The van der Waals surface area contributed by atoms with Crippen LogP contribution in [0.1, 0.15) is 6.92 Å². The molecule has 1 rings (SSSR count). The van der Waals surface area contributed by atoms with Gasteiger partial charge in [-0.3, -0.25) is 4.79 Å². The number of aliphatic carboxylic acids is 1. The zero-order chi connectivity index (χ0) is 16.4. The van der Waals surface area contributed by atoms with Crippen LogP contribution in [0.25, 0.3) is 0 Å². The Kier molecular flexibility index (Phi) is 4.79. The van der Waals surface area contributed by atoms with Crippen LogP contribution in [-0.4, -0.2) is 31.9 Å². The van der Waals surface area contributed by atoms with Crippen LogP contribution in [0, 0.1) is 5.82 Å². The minimum absolute atomic E-state index is 0.586. The molecule has 0 amide bonds. The van der Waals surface area contributed by atoms with Crippen molar-refractivity contribution < 1.29 is 40.6 Å². The zero-order valence-corrected chi connectivity index (χ0v) is 11.1. The maximum absolute atomic E-state index is 13.8. The molecule has 0 aliphatic carbocycles. The average molecular weight is 331 g/mol. The van der Waals surface area contributed by atoms with Crippen LogP contribution < -0.4 is 9.46 Å². The van der Waals surface area contributed by atoms with Crippen molar-refractivity contribution in [3.63, 3.8) is 0 Å². The molecule has 0 heterocycles. The van der Waals surface area contributed by atoms with E-state index in [2.05, 4.69) is 4.74 Å². The maximum Gasteiger partial charge on any atom is 0.573 e. The number of benzene rings is 1. The number of rotatable bonds is 5. The molecule has 21 heavy (non-hydrogen) atoms. The third-order valence-corrected chi connectivity index (χ3v) is 3.70. The summed E-state index contributed by atoms with van der Waals surface area (Å²) < 4.78 is 78.3. The van der Waals surface area contributed by atoms with E-state index >= 15 is 0 Å². The minimum atomic E-state index is -5.20. The predicted octanol–water partition coefficient (Wildman–Crippen LogP) is 1.48. The third kappa shape index (κ3) is 4.56. The highest BCUT2D eigenvalue weighted by Gasteiger charge is 2.34. The monoisotopic (exact) mass is 331 g/mol. The van der Waals surface area contributed by atoms with Crippen LogP contribution in [0.2, 0.25) is 0 Å². The van der Waals surface area contributed by atoms with E-state index < -0.39 is 44.9 Å².